The van der Waals surface area contributed by atoms with Crippen molar-refractivity contribution in [2.75, 3.05) is 50.8 Å². The number of aromatic nitrogens is 2. The lowest BCUT2D eigenvalue weighted by Crippen LogP contribution is -2.58. The topological polar surface area (TPSA) is 112 Å². The van der Waals surface area contributed by atoms with Crippen LogP contribution in [0, 0.1) is 0 Å². The first-order chi connectivity index (χ1) is 26.4. The number of hydrogen-bond donors (Lipinski definition) is 2. The Labute approximate surface area is 318 Å². The minimum Gasteiger partial charge on any atom is -0.378 e. The van der Waals surface area contributed by atoms with Crippen LogP contribution in [0.15, 0.2) is 103 Å². The molecule has 4 heterocycles. The molecule has 0 radical (unpaired) electrons. The van der Waals surface area contributed by atoms with Crippen LogP contribution < -0.4 is 15.5 Å². The van der Waals surface area contributed by atoms with E-state index in [9.17, 15) is 27.6 Å². The molecular formula is C41H46F3N7O4. The molecule has 0 spiro atoms. The fraction of sp³-hybridized carbons (Fsp3) is 0.366. The van der Waals surface area contributed by atoms with E-state index in [1.54, 1.807) is 17.8 Å². The number of anilines is 1. The number of halogens is 3. The van der Waals surface area contributed by atoms with Gasteiger partial charge in [0.15, 0.2) is 0 Å². The van der Waals surface area contributed by atoms with Gasteiger partial charge in [-0.2, -0.15) is 18.3 Å². The minimum atomic E-state index is -4.56. The van der Waals surface area contributed by atoms with Crippen LogP contribution >= 0.6 is 0 Å². The van der Waals surface area contributed by atoms with Gasteiger partial charge in [0.2, 0.25) is 5.91 Å². The largest absolute Gasteiger partial charge is 0.416 e. The summed E-state index contributed by atoms with van der Waals surface area (Å²) in [7, 11) is 0. The van der Waals surface area contributed by atoms with E-state index in [0.717, 1.165) is 68.3 Å². The van der Waals surface area contributed by atoms with Gasteiger partial charge in [-0.05, 0) is 49.7 Å². The number of ether oxygens (including phenoxy) is 1. The third kappa shape index (κ3) is 9.32. The molecule has 2 unspecified atom stereocenters. The Hall–Kier alpha value is -5.31. The zero-order valence-corrected chi connectivity index (χ0v) is 31.0. The Morgan fingerprint density at radius 3 is 2.25 bits per heavy atom. The van der Waals surface area contributed by atoms with E-state index in [2.05, 4.69) is 39.0 Å². The number of para-hydroxylation sites is 1. The summed E-state index contributed by atoms with van der Waals surface area (Å²) in [5.74, 6) is -0.503. The van der Waals surface area contributed by atoms with Crippen molar-refractivity contribution >= 4 is 23.5 Å². The van der Waals surface area contributed by atoms with E-state index in [1.807, 2.05) is 60.7 Å². The van der Waals surface area contributed by atoms with Crippen molar-refractivity contribution < 1.29 is 32.3 Å². The second-order valence-corrected chi connectivity index (χ2v) is 13.8. The maximum absolute atomic E-state index is 13.1. The van der Waals surface area contributed by atoms with Gasteiger partial charge in [0, 0.05) is 68.4 Å². The summed E-state index contributed by atoms with van der Waals surface area (Å²) in [5.41, 5.74) is 2.23. The molecule has 3 aliphatic rings. The maximum atomic E-state index is 13.1. The van der Waals surface area contributed by atoms with Crippen molar-refractivity contribution in [1.82, 2.24) is 30.2 Å². The average molecular weight is 758 g/mol. The number of benzene rings is 3. The molecule has 14 heteroatoms. The van der Waals surface area contributed by atoms with Gasteiger partial charge in [0.1, 0.15) is 11.9 Å². The van der Waals surface area contributed by atoms with Gasteiger partial charge < -0.3 is 15.4 Å². The van der Waals surface area contributed by atoms with Gasteiger partial charge in [-0.25, -0.2) is 4.68 Å². The van der Waals surface area contributed by atoms with Crippen LogP contribution in [0.25, 0.3) is 5.69 Å². The molecule has 55 heavy (non-hydrogen) atoms. The quantitative estimate of drug-likeness (QED) is 0.223. The zero-order chi connectivity index (χ0) is 39.1. The van der Waals surface area contributed by atoms with E-state index in [-0.39, 0.29) is 29.8 Å². The van der Waals surface area contributed by atoms with E-state index < -0.39 is 23.7 Å². The molecule has 4 aromatic rings. The number of carbonyl (C=O) groups is 3. The lowest BCUT2D eigenvalue weighted by atomic mass is 10.0. The van der Waals surface area contributed by atoms with Gasteiger partial charge in [-0.3, -0.25) is 29.1 Å². The van der Waals surface area contributed by atoms with Gasteiger partial charge in [0.05, 0.1) is 36.7 Å². The Morgan fingerprint density at radius 2 is 1.64 bits per heavy atom. The van der Waals surface area contributed by atoms with Gasteiger partial charge in [-0.1, -0.05) is 61.2 Å². The van der Waals surface area contributed by atoms with Gasteiger partial charge in [-0.15, -0.1) is 0 Å². The van der Waals surface area contributed by atoms with Crippen molar-refractivity contribution in [3.05, 3.63) is 126 Å². The number of nitrogens with one attached hydrogen (secondary N) is 2. The average Bonchev–Trinajstić information content (AvgIpc) is 3.60. The second kappa shape index (κ2) is 17.4. The summed E-state index contributed by atoms with van der Waals surface area (Å²) in [6.45, 7) is 14.6. The molecule has 2 atom stereocenters. The SMILES string of the molecule is C=C(C(=O)NCc1ccccc1)C(C)N1CCN(C2COC2)CC1.CCN1C(=O)C(NC(=O)c2cccc(C(F)(F)F)c2)Cc2cnn(-c3ccccc3)c21. The number of piperazine rings is 1. The molecule has 7 rings (SSSR count). The number of likely N-dealkylation sites (N-methyl/N-ethyl adjacent to an activating group) is 1. The molecule has 290 valence electrons. The first-order valence-corrected chi connectivity index (χ1v) is 18.4. The van der Waals surface area contributed by atoms with Crippen molar-refractivity contribution in [3.63, 3.8) is 0 Å². The zero-order valence-electron chi connectivity index (χ0n) is 31.0. The highest BCUT2D eigenvalue weighted by Crippen LogP contribution is 2.32. The summed E-state index contributed by atoms with van der Waals surface area (Å²) in [6.07, 6.45) is -2.72. The summed E-state index contributed by atoms with van der Waals surface area (Å²) in [6, 6.07) is 23.2. The Morgan fingerprint density at radius 1 is 0.964 bits per heavy atom. The van der Waals surface area contributed by atoms with E-state index in [0.29, 0.717) is 30.5 Å². The van der Waals surface area contributed by atoms with Gasteiger partial charge >= 0.3 is 6.18 Å². The van der Waals surface area contributed by atoms with Gasteiger partial charge in [0.25, 0.3) is 11.8 Å². The van der Waals surface area contributed by atoms with Crippen LogP contribution in [0.2, 0.25) is 0 Å². The van der Waals surface area contributed by atoms with Crippen molar-refractivity contribution in [2.45, 2.75) is 51.1 Å². The first-order valence-electron chi connectivity index (χ1n) is 18.4. The molecule has 2 fully saturated rings. The smallest absolute Gasteiger partial charge is 0.378 e. The number of carbonyl (C=O) groups excluding carboxylic acids is 3. The van der Waals surface area contributed by atoms with Crippen molar-refractivity contribution in [1.29, 1.82) is 0 Å². The number of fused-ring (bicyclic) bond motifs is 1. The van der Waals surface area contributed by atoms with Crippen LogP contribution in [0.3, 0.4) is 0 Å². The van der Waals surface area contributed by atoms with Crippen molar-refractivity contribution in [3.8, 4) is 5.69 Å². The number of amides is 3. The molecule has 3 aliphatic heterocycles. The lowest BCUT2D eigenvalue weighted by molar-refractivity contribution is -0.137. The molecule has 1 aromatic heterocycles. The minimum absolute atomic E-state index is 0.0545. The van der Waals surface area contributed by atoms with Crippen LogP contribution in [-0.4, -0.2) is 101 Å². The Bertz CT molecular complexity index is 1960. The van der Waals surface area contributed by atoms with E-state index in [1.165, 1.54) is 17.0 Å². The molecule has 3 aromatic carbocycles. The van der Waals surface area contributed by atoms with E-state index in [4.69, 9.17) is 4.74 Å². The number of hydrogen-bond acceptors (Lipinski definition) is 7. The molecule has 11 nitrogen and oxygen atoms in total. The lowest BCUT2D eigenvalue weighted by Gasteiger charge is -2.44. The summed E-state index contributed by atoms with van der Waals surface area (Å²) in [5, 5.41) is 9.95. The normalized spacial score (nSPS) is 18.3. The predicted octanol–water partition coefficient (Wildman–Crippen LogP) is 4.86. The summed E-state index contributed by atoms with van der Waals surface area (Å²) < 4.78 is 45.8. The number of alkyl halides is 3. The van der Waals surface area contributed by atoms with Crippen LogP contribution in [0.5, 0.6) is 0 Å². The fourth-order valence-corrected chi connectivity index (χ4v) is 6.89. The highest BCUT2D eigenvalue weighted by atomic mass is 19.4. The molecule has 0 aliphatic carbocycles. The predicted molar refractivity (Wildman–Crippen MR) is 203 cm³/mol. The standard InChI is InChI=1S/C22H19F3N4O2.C19H27N3O2/c1-2-28-20-15(13-26-29(20)17-9-4-3-5-10-17)12-18(21(28)31)27-19(30)14-7-6-8-16(11-14)22(23,24)25;1-15(19(23)20-12-17-6-4-3-5-7-17)16(2)21-8-10-22(11-9-21)18-13-24-14-18/h3-11,13,18H,2,12H2,1H3,(H,27,30);3-7,16,18H,1,8-14H2,2H3,(H,20,23). The third-order valence-electron chi connectivity index (χ3n) is 10.3. The highest BCUT2D eigenvalue weighted by Gasteiger charge is 2.37. The van der Waals surface area contributed by atoms with Crippen LogP contribution in [0.4, 0.5) is 19.0 Å². The van der Waals surface area contributed by atoms with Crippen LogP contribution in [0.1, 0.15) is 40.9 Å². The molecule has 3 amide bonds. The molecule has 2 saturated heterocycles. The Kier molecular flexibility index (Phi) is 12.5. The molecule has 0 bridgehead atoms. The number of rotatable bonds is 10. The van der Waals surface area contributed by atoms with Crippen LogP contribution in [-0.2, 0) is 33.5 Å². The summed E-state index contributed by atoms with van der Waals surface area (Å²) in [4.78, 5) is 44.4. The fourth-order valence-electron chi connectivity index (χ4n) is 6.89. The molecule has 0 saturated carbocycles. The second-order valence-electron chi connectivity index (χ2n) is 13.8. The Balaban J connectivity index is 0.000000193. The monoisotopic (exact) mass is 757 g/mol. The molecular weight excluding hydrogens is 711 g/mol. The van der Waals surface area contributed by atoms with Crippen molar-refractivity contribution in [2.24, 2.45) is 0 Å². The maximum Gasteiger partial charge on any atom is 0.416 e. The third-order valence-corrected chi connectivity index (χ3v) is 10.3. The molecule has 2 N–H and O–H groups in total. The first kappa shape index (κ1) is 39.4. The van der Waals surface area contributed by atoms with E-state index >= 15 is 0 Å². The number of nitrogens with zero attached hydrogens (tertiary/aromatic N) is 5. The summed E-state index contributed by atoms with van der Waals surface area (Å²) >= 11 is 0. The highest BCUT2D eigenvalue weighted by molar-refractivity contribution is 6.04.